The fourth-order valence-corrected chi connectivity index (χ4v) is 3.04. The van der Waals surface area contributed by atoms with E-state index in [0.29, 0.717) is 6.54 Å². The molecule has 0 aliphatic rings. The van der Waals surface area contributed by atoms with E-state index < -0.39 is 0 Å². The molecule has 0 spiro atoms. The molecule has 3 aromatic rings. The number of nitrogens with one attached hydrogen (secondary N) is 2. The van der Waals surface area contributed by atoms with Crippen molar-refractivity contribution in [1.82, 2.24) is 40.2 Å². The number of halogens is 1. The Morgan fingerprint density at radius 2 is 2.00 bits per heavy atom. The lowest BCUT2D eigenvalue weighted by Gasteiger charge is -2.12. The van der Waals surface area contributed by atoms with Gasteiger partial charge in [-0.2, -0.15) is 5.10 Å². The van der Waals surface area contributed by atoms with Gasteiger partial charge in [0, 0.05) is 37.9 Å². The molecule has 10 heteroatoms. The van der Waals surface area contributed by atoms with Crippen LogP contribution in [0.25, 0.3) is 5.82 Å². The van der Waals surface area contributed by atoms with Crippen molar-refractivity contribution < 1.29 is 0 Å². The lowest BCUT2D eigenvalue weighted by Crippen LogP contribution is -2.38. The van der Waals surface area contributed by atoms with Gasteiger partial charge in [-0.05, 0) is 38.5 Å². The van der Waals surface area contributed by atoms with Crippen molar-refractivity contribution in [2.24, 2.45) is 4.99 Å². The summed E-state index contributed by atoms with van der Waals surface area (Å²) in [6.45, 7) is 11.0. The first-order chi connectivity index (χ1) is 14.1. The first-order valence-corrected chi connectivity index (χ1v) is 9.98. The maximum absolute atomic E-state index is 4.66. The number of aromatic nitrogens is 6. The Labute approximate surface area is 194 Å². The van der Waals surface area contributed by atoms with Gasteiger partial charge in [0.1, 0.15) is 12.2 Å². The average molecular weight is 523 g/mol. The van der Waals surface area contributed by atoms with Crippen LogP contribution in [0.1, 0.15) is 36.6 Å². The number of hydrogen-bond acceptors (Lipinski definition) is 5. The number of nitrogens with zero attached hydrogens (tertiary/aromatic N) is 7. The monoisotopic (exact) mass is 523 g/mol. The molecule has 3 heterocycles. The molecular weight excluding hydrogens is 493 g/mol. The fourth-order valence-electron chi connectivity index (χ4n) is 3.04. The molecule has 0 atom stereocenters. The molecule has 0 saturated heterocycles. The standard InChI is InChI=1S/C20H29N9.HI/c1-5-18-26-25-14-28(18)10-9-22-20(21-6-2)24-13-17-7-8-19(23-12-17)29-16(4)11-15(3)27-29;/h7-8,11-12,14H,5-6,9-10,13H2,1-4H3,(H2,21,22,24);1H. The largest absolute Gasteiger partial charge is 0.357 e. The van der Waals surface area contributed by atoms with E-state index in [0.717, 1.165) is 60.6 Å². The van der Waals surface area contributed by atoms with Crippen LogP contribution < -0.4 is 10.6 Å². The van der Waals surface area contributed by atoms with Gasteiger partial charge in [0.15, 0.2) is 11.8 Å². The van der Waals surface area contributed by atoms with Gasteiger partial charge >= 0.3 is 0 Å². The maximum Gasteiger partial charge on any atom is 0.191 e. The molecule has 2 N–H and O–H groups in total. The third kappa shape index (κ3) is 6.25. The van der Waals surface area contributed by atoms with Gasteiger partial charge < -0.3 is 15.2 Å². The highest BCUT2D eigenvalue weighted by Crippen LogP contribution is 2.10. The summed E-state index contributed by atoms with van der Waals surface area (Å²) in [6.07, 6.45) is 4.49. The fraction of sp³-hybridized carbons (Fsp3) is 0.450. The summed E-state index contributed by atoms with van der Waals surface area (Å²) in [5, 5.41) is 19.2. The highest BCUT2D eigenvalue weighted by molar-refractivity contribution is 14.0. The van der Waals surface area contributed by atoms with Crippen molar-refractivity contribution in [2.45, 2.75) is 47.2 Å². The van der Waals surface area contributed by atoms with E-state index in [9.17, 15) is 0 Å². The summed E-state index contributed by atoms with van der Waals surface area (Å²) in [5.41, 5.74) is 3.09. The van der Waals surface area contributed by atoms with Crippen LogP contribution in [0, 0.1) is 13.8 Å². The summed E-state index contributed by atoms with van der Waals surface area (Å²) in [7, 11) is 0. The highest BCUT2D eigenvalue weighted by atomic mass is 127. The Hall–Kier alpha value is -2.50. The zero-order valence-electron chi connectivity index (χ0n) is 18.0. The van der Waals surface area contributed by atoms with Gasteiger partial charge in [-0.15, -0.1) is 34.2 Å². The molecule has 0 radical (unpaired) electrons. The maximum atomic E-state index is 4.66. The summed E-state index contributed by atoms with van der Waals surface area (Å²) in [4.78, 5) is 9.20. The van der Waals surface area contributed by atoms with E-state index in [2.05, 4.69) is 54.3 Å². The molecule has 0 bridgehead atoms. The molecule has 0 aliphatic heterocycles. The van der Waals surface area contributed by atoms with Crippen molar-refractivity contribution in [3.8, 4) is 5.82 Å². The summed E-state index contributed by atoms with van der Waals surface area (Å²) in [6, 6.07) is 6.05. The van der Waals surface area contributed by atoms with Crippen LogP contribution >= 0.6 is 24.0 Å². The molecule has 0 amide bonds. The van der Waals surface area contributed by atoms with E-state index in [-0.39, 0.29) is 24.0 Å². The van der Waals surface area contributed by atoms with Crippen LogP contribution in [0.4, 0.5) is 0 Å². The first-order valence-electron chi connectivity index (χ1n) is 9.98. The number of guanidine groups is 1. The molecule has 162 valence electrons. The van der Waals surface area contributed by atoms with Crippen molar-refractivity contribution in [1.29, 1.82) is 0 Å². The molecule has 3 aromatic heterocycles. The Morgan fingerprint density at radius 1 is 1.17 bits per heavy atom. The first kappa shape index (κ1) is 23.8. The normalized spacial score (nSPS) is 11.3. The number of aryl methyl sites for hydroxylation is 3. The zero-order chi connectivity index (χ0) is 20.6. The lowest BCUT2D eigenvalue weighted by molar-refractivity contribution is 0.632. The minimum atomic E-state index is 0. The summed E-state index contributed by atoms with van der Waals surface area (Å²) >= 11 is 0. The molecule has 0 aromatic carbocycles. The predicted molar refractivity (Wildman–Crippen MR) is 128 cm³/mol. The second kappa shape index (κ2) is 11.6. The molecule has 0 aliphatic carbocycles. The second-order valence-electron chi connectivity index (χ2n) is 6.78. The van der Waals surface area contributed by atoms with Gasteiger partial charge in [-0.1, -0.05) is 13.0 Å². The van der Waals surface area contributed by atoms with E-state index in [4.69, 9.17) is 0 Å². The van der Waals surface area contributed by atoms with Gasteiger partial charge in [0.2, 0.25) is 0 Å². The average Bonchev–Trinajstić information content (AvgIpc) is 3.31. The third-order valence-corrected chi connectivity index (χ3v) is 4.46. The molecule has 3 rings (SSSR count). The summed E-state index contributed by atoms with van der Waals surface area (Å²) in [5.74, 6) is 2.58. The van der Waals surface area contributed by atoms with E-state index in [1.807, 2.05) is 42.9 Å². The Morgan fingerprint density at radius 3 is 2.63 bits per heavy atom. The number of aliphatic imine (C=N–C) groups is 1. The van der Waals surface area contributed by atoms with Crippen molar-refractivity contribution in [2.75, 3.05) is 13.1 Å². The van der Waals surface area contributed by atoms with Crippen LogP contribution in [-0.2, 0) is 19.5 Å². The van der Waals surface area contributed by atoms with Crippen LogP contribution in [0.15, 0.2) is 35.7 Å². The molecule has 9 nitrogen and oxygen atoms in total. The Kier molecular flexibility index (Phi) is 9.21. The van der Waals surface area contributed by atoms with Crippen LogP contribution in [-0.4, -0.2) is 48.6 Å². The highest BCUT2D eigenvalue weighted by Gasteiger charge is 2.05. The van der Waals surface area contributed by atoms with E-state index >= 15 is 0 Å². The van der Waals surface area contributed by atoms with Crippen LogP contribution in [0.2, 0.25) is 0 Å². The molecule has 0 fully saturated rings. The van der Waals surface area contributed by atoms with Gasteiger partial charge in [-0.3, -0.25) is 0 Å². The summed E-state index contributed by atoms with van der Waals surface area (Å²) < 4.78 is 3.90. The molecule has 0 saturated carbocycles. The molecule has 30 heavy (non-hydrogen) atoms. The zero-order valence-corrected chi connectivity index (χ0v) is 20.3. The van der Waals surface area contributed by atoms with E-state index in [1.54, 1.807) is 6.33 Å². The predicted octanol–water partition coefficient (Wildman–Crippen LogP) is 2.41. The molecular formula is C20H30IN9. The van der Waals surface area contributed by atoms with Crippen molar-refractivity contribution >= 4 is 29.9 Å². The molecule has 0 unspecified atom stereocenters. The topological polar surface area (TPSA) is 97.8 Å². The van der Waals surface area contributed by atoms with Gasteiger partial charge in [-0.25, -0.2) is 14.7 Å². The second-order valence-corrected chi connectivity index (χ2v) is 6.78. The Bertz CT molecular complexity index is 944. The minimum Gasteiger partial charge on any atom is -0.357 e. The smallest absolute Gasteiger partial charge is 0.191 e. The van der Waals surface area contributed by atoms with Gasteiger partial charge in [0.25, 0.3) is 0 Å². The van der Waals surface area contributed by atoms with Gasteiger partial charge in [0.05, 0.1) is 12.2 Å². The van der Waals surface area contributed by atoms with Crippen molar-refractivity contribution in [3.05, 3.63) is 53.5 Å². The lowest BCUT2D eigenvalue weighted by atomic mass is 10.3. The van der Waals surface area contributed by atoms with Crippen LogP contribution in [0.5, 0.6) is 0 Å². The quantitative estimate of drug-likeness (QED) is 0.268. The number of pyridine rings is 1. The number of rotatable bonds is 8. The van der Waals surface area contributed by atoms with Crippen molar-refractivity contribution in [3.63, 3.8) is 0 Å². The third-order valence-electron chi connectivity index (χ3n) is 4.46. The van der Waals surface area contributed by atoms with E-state index in [1.165, 1.54) is 0 Å². The number of hydrogen-bond donors (Lipinski definition) is 2. The Balaban J connectivity index is 0.00000320. The SMILES string of the molecule is CCNC(=NCc1ccc(-n2nc(C)cc2C)nc1)NCCn1cnnc1CC.I. The minimum absolute atomic E-state index is 0. The van der Waals surface area contributed by atoms with Crippen LogP contribution in [0.3, 0.4) is 0 Å².